The smallest absolute Gasteiger partial charge is 0.325 e. The molecule has 0 amide bonds. The van der Waals surface area contributed by atoms with Gasteiger partial charge in [0.25, 0.3) is 0 Å². The summed E-state index contributed by atoms with van der Waals surface area (Å²) in [5, 5.41) is 3.32. The largest absolute Gasteiger partial charge is 0.468 e. The molecule has 0 saturated heterocycles. The third-order valence-electron chi connectivity index (χ3n) is 3.53. The van der Waals surface area contributed by atoms with E-state index in [1.54, 1.807) is 0 Å². The van der Waals surface area contributed by atoms with Crippen molar-refractivity contribution >= 4 is 5.97 Å². The SMILES string of the molecule is COC(=O)C(C)(CCCCOCCCC(C)C)NC(C)C. The molecular formula is C17H35NO3. The van der Waals surface area contributed by atoms with E-state index in [0.29, 0.717) is 0 Å². The molecule has 0 bridgehead atoms. The number of carbonyl (C=O) groups is 1. The van der Waals surface area contributed by atoms with Gasteiger partial charge in [-0.25, -0.2) is 0 Å². The molecule has 0 aromatic carbocycles. The molecule has 0 aromatic heterocycles. The van der Waals surface area contributed by atoms with Gasteiger partial charge in [0.2, 0.25) is 0 Å². The Labute approximate surface area is 131 Å². The van der Waals surface area contributed by atoms with Crippen molar-refractivity contribution < 1.29 is 14.3 Å². The van der Waals surface area contributed by atoms with Crippen LogP contribution >= 0.6 is 0 Å². The lowest BCUT2D eigenvalue weighted by atomic mass is 9.94. The molecule has 1 unspecified atom stereocenters. The van der Waals surface area contributed by atoms with E-state index >= 15 is 0 Å². The second-order valence-electron chi connectivity index (χ2n) is 6.73. The molecule has 0 aromatic rings. The lowest BCUT2D eigenvalue weighted by Gasteiger charge is -2.30. The summed E-state index contributed by atoms with van der Waals surface area (Å²) in [5.74, 6) is 0.561. The second kappa shape index (κ2) is 11.0. The molecule has 0 rings (SSSR count). The zero-order chi connectivity index (χ0) is 16.3. The highest BCUT2D eigenvalue weighted by Gasteiger charge is 2.33. The van der Waals surface area contributed by atoms with Crippen LogP contribution in [0.25, 0.3) is 0 Å². The minimum Gasteiger partial charge on any atom is -0.468 e. The third kappa shape index (κ3) is 9.86. The predicted octanol–water partition coefficient (Wildman–Crippen LogP) is 3.54. The van der Waals surface area contributed by atoms with Crippen molar-refractivity contribution in [3.63, 3.8) is 0 Å². The Bertz CT molecular complexity index is 279. The van der Waals surface area contributed by atoms with Crippen molar-refractivity contribution in [1.29, 1.82) is 0 Å². The minimum atomic E-state index is -0.597. The molecule has 126 valence electrons. The van der Waals surface area contributed by atoms with Gasteiger partial charge < -0.3 is 9.47 Å². The van der Waals surface area contributed by atoms with Crippen LogP contribution in [0.2, 0.25) is 0 Å². The van der Waals surface area contributed by atoms with Crippen LogP contribution in [0.1, 0.15) is 66.7 Å². The van der Waals surface area contributed by atoms with Crippen LogP contribution in [-0.4, -0.2) is 37.9 Å². The van der Waals surface area contributed by atoms with Gasteiger partial charge in [-0.15, -0.1) is 0 Å². The molecule has 0 aliphatic carbocycles. The number of unbranched alkanes of at least 4 members (excludes halogenated alkanes) is 1. The summed E-state index contributed by atoms with van der Waals surface area (Å²) in [5.41, 5.74) is -0.597. The van der Waals surface area contributed by atoms with Crippen LogP contribution in [0.4, 0.5) is 0 Å². The van der Waals surface area contributed by atoms with Gasteiger partial charge in [0.1, 0.15) is 5.54 Å². The zero-order valence-electron chi connectivity index (χ0n) is 14.8. The Morgan fingerprint density at radius 1 is 1.10 bits per heavy atom. The van der Waals surface area contributed by atoms with Gasteiger partial charge in [-0.05, 0) is 58.8 Å². The van der Waals surface area contributed by atoms with Gasteiger partial charge in [0.05, 0.1) is 7.11 Å². The van der Waals surface area contributed by atoms with E-state index < -0.39 is 5.54 Å². The number of hydrogen-bond acceptors (Lipinski definition) is 4. The van der Waals surface area contributed by atoms with Crippen LogP contribution in [0.5, 0.6) is 0 Å². The number of carbonyl (C=O) groups excluding carboxylic acids is 1. The maximum absolute atomic E-state index is 11.9. The topological polar surface area (TPSA) is 47.6 Å². The van der Waals surface area contributed by atoms with Gasteiger partial charge in [0.15, 0.2) is 0 Å². The summed E-state index contributed by atoms with van der Waals surface area (Å²) >= 11 is 0. The zero-order valence-corrected chi connectivity index (χ0v) is 14.8. The molecule has 4 nitrogen and oxygen atoms in total. The van der Waals surface area contributed by atoms with E-state index in [-0.39, 0.29) is 12.0 Å². The first kappa shape index (κ1) is 20.4. The summed E-state index contributed by atoms with van der Waals surface area (Å²) in [6.45, 7) is 12.1. The van der Waals surface area contributed by atoms with Gasteiger partial charge >= 0.3 is 5.97 Å². The molecule has 1 N–H and O–H groups in total. The number of rotatable bonds is 12. The number of esters is 1. The highest BCUT2D eigenvalue weighted by atomic mass is 16.5. The summed E-state index contributed by atoms with van der Waals surface area (Å²) in [6.07, 6.45) is 5.06. The Kier molecular flexibility index (Phi) is 10.7. The summed E-state index contributed by atoms with van der Waals surface area (Å²) < 4.78 is 10.5. The molecule has 0 aliphatic rings. The van der Waals surface area contributed by atoms with Crippen molar-refractivity contribution in [1.82, 2.24) is 5.32 Å². The van der Waals surface area contributed by atoms with Crippen molar-refractivity contribution in [2.45, 2.75) is 78.3 Å². The first-order valence-corrected chi connectivity index (χ1v) is 8.25. The molecule has 4 heteroatoms. The highest BCUT2D eigenvalue weighted by Crippen LogP contribution is 2.17. The van der Waals surface area contributed by atoms with E-state index in [0.717, 1.165) is 44.8 Å². The summed E-state index contributed by atoms with van der Waals surface area (Å²) in [7, 11) is 1.44. The predicted molar refractivity (Wildman–Crippen MR) is 87.4 cm³/mol. The Balaban J connectivity index is 3.86. The number of methoxy groups -OCH3 is 1. The lowest BCUT2D eigenvalue weighted by Crippen LogP contribution is -2.52. The molecule has 0 spiro atoms. The Hall–Kier alpha value is -0.610. The number of hydrogen-bond donors (Lipinski definition) is 1. The number of ether oxygens (including phenoxy) is 2. The van der Waals surface area contributed by atoms with E-state index in [9.17, 15) is 4.79 Å². The maximum Gasteiger partial charge on any atom is 0.325 e. The highest BCUT2D eigenvalue weighted by molar-refractivity contribution is 5.80. The fourth-order valence-corrected chi connectivity index (χ4v) is 2.47. The Morgan fingerprint density at radius 3 is 2.24 bits per heavy atom. The monoisotopic (exact) mass is 301 g/mol. The van der Waals surface area contributed by atoms with Crippen molar-refractivity contribution in [2.24, 2.45) is 5.92 Å². The maximum atomic E-state index is 11.9. The van der Waals surface area contributed by atoms with Crippen LogP contribution < -0.4 is 5.32 Å². The third-order valence-corrected chi connectivity index (χ3v) is 3.53. The molecule has 0 radical (unpaired) electrons. The molecule has 0 heterocycles. The van der Waals surface area contributed by atoms with Crippen molar-refractivity contribution in [2.75, 3.05) is 20.3 Å². The van der Waals surface area contributed by atoms with Gasteiger partial charge in [-0.2, -0.15) is 0 Å². The first-order valence-electron chi connectivity index (χ1n) is 8.25. The first-order chi connectivity index (χ1) is 9.81. The van der Waals surface area contributed by atoms with E-state index in [1.165, 1.54) is 13.5 Å². The standard InChI is InChI=1S/C17H35NO3/c1-14(2)10-9-13-21-12-8-7-11-17(5,16(19)20-6)18-15(3)4/h14-15,18H,7-13H2,1-6H3. The van der Waals surface area contributed by atoms with E-state index in [2.05, 4.69) is 19.2 Å². The van der Waals surface area contributed by atoms with E-state index in [1.807, 2.05) is 20.8 Å². The van der Waals surface area contributed by atoms with Crippen LogP contribution in [0.15, 0.2) is 0 Å². The van der Waals surface area contributed by atoms with Gasteiger partial charge in [-0.1, -0.05) is 13.8 Å². The average molecular weight is 301 g/mol. The normalized spacial score (nSPS) is 14.5. The summed E-state index contributed by atoms with van der Waals surface area (Å²) in [6, 6.07) is 0.251. The van der Waals surface area contributed by atoms with Crippen LogP contribution in [-0.2, 0) is 14.3 Å². The molecule has 0 aliphatic heterocycles. The van der Waals surface area contributed by atoms with E-state index in [4.69, 9.17) is 9.47 Å². The molecule has 1 atom stereocenters. The average Bonchev–Trinajstić information content (AvgIpc) is 2.39. The fourth-order valence-electron chi connectivity index (χ4n) is 2.47. The minimum absolute atomic E-state index is 0.186. The van der Waals surface area contributed by atoms with Crippen LogP contribution in [0, 0.1) is 5.92 Å². The fraction of sp³-hybridized carbons (Fsp3) is 0.941. The molecular weight excluding hydrogens is 266 g/mol. The molecule has 21 heavy (non-hydrogen) atoms. The number of nitrogens with one attached hydrogen (secondary N) is 1. The van der Waals surface area contributed by atoms with Gasteiger partial charge in [0, 0.05) is 19.3 Å². The van der Waals surface area contributed by atoms with Crippen molar-refractivity contribution in [3.8, 4) is 0 Å². The lowest BCUT2D eigenvalue weighted by molar-refractivity contribution is -0.148. The molecule has 0 saturated carbocycles. The second-order valence-corrected chi connectivity index (χ2v) is 6.73. The van der Waals surface area contributed by atoms with Crippen molar-refractivity contribution in [3.05, 3.63) is 0 Å². The summed E-state index contributed by atoms with van der Waals surface area (Å²) in [4.78, 5) is 11.9. The van der Waals surface area contributed by atoms with Gasteiger partial charge in [-0.3, -0.25) is 10.1 Å². The Morgan fingerprint density at radius 2 is 1.71 bits per heavy atom. The quantitative estimate of drug-likeness (QED) is 0.442. The molecule has 0 fully saturated rings. The van der Waals surface area contributed by atoms with Crippen LogP contribution in [0.3, 0.4) is 0 Å².